The molecule has 1 amide bonds. The van der Waals surface area contributed by atoms with Gasteiger partial charge in [0.05, 0.1) is 0 Å². The van der Waals surface area contributed by atoms with Crippen molar-refractivity contribution in [3.63, 3.8) is 0 Å². The number of hydrogen-bond donors (Lipinski definition) is 2. The Morgan fingerprint density at radius 2 is 1.95 bits per heavy atom. The molecule has 0 radical (unpaired) electrons. The van der Waals surface area contributed by atoms with Gasteiger partial charge in [-0.25, -0.2) is 0 Å². The molecule has 0 saturated carbocycles. The smallest absolute Gasteiger partial charge is 0.221 e. The summed E-state index contributed by atoms with van der Waals surface area (Å²) < 4.78 is 0. The lowest BCUT2D eigenvalue weighted by Crippen LogP contribution is -2.32. The molecule has 19 heavy (non-hydrogen) atoms. The molecule has 3 heteroatoms. The average Bonchev–Trinajstić information content (AvgIpc) is 2.35. The number of nitrogens with one attached hydrogen (secondary N) is 2. The highest BCUT2D eigenvalue weighted by atomic mass is 16.1. The van der Waals surface area contributed by atoms with Crippen molar-refractivity contribution in [3.05, 3.63) is 41.5 Å². The highest BCUT2D eigenvalue weighted by Gasteiger charge is 2.01. The Morgan fingerprint density at radius 1 is 1.26 bits per heavy atom. The molecular formula is C16H24N2O. The van der Waals surface area contributed by atoms with Crippen molar-refractivity contribution in [3.8, 4) is 0 Å². The van der Waals surface area contributed by atoms with Gasteiger partial charge in [0.25, 0.3) is 0 Å². The molecule has 0 spiro atoms. The molecule has 0 aromatic heterocycles. The standard InChI is InChI=1S/C16H24N2O/c1-13(2)18-16(19)9-10-17-12-14(3)11-15-7-5-4-6-8-15/h4-8,11,13,17H,9-10,12H2,1-3H3,(H,18,19)/b14-11-. The fraction of sp³-hybridized carbons (Fsp3) is 0.438. The van der Waals surface area contributed by atoms with Crippen LogP contribution in [0.1, 0.15) is 32.8 Å². The van der Waals surface area contributed by atoms with Gasteiger partial charge in [-0.05, 0) is 26.3 Å². The second kappa shape index (κ2) is 8.48. The molecule has 1 aromatic rings. The molecule has 3 nitrogen and oxygen atoms in total. The molecule has 0 atom stereocenters. The summed E-state index contributed by atoms with van der Waals surface area (Å²) in [6, 6.07) is 10.5. The number of amides is 1. The first-order valence-corrected chi connectivity index (χ1v) is 6.80. The SMILES string of the molecule is C/C(=C/c1ccccc1)CNCCC(=O)NC(C)C. The van der Waals surface area contributed by atoms with Crippen LogP contribution in [-0.4, -0.2) is 25.0 Å². The third-order valence-corrected chi connectivity index (χ3v) is 2.59. The summed E-state index contributed by atoms with van der Waals surface area (Å²) in [6.45, 7) is 7.55. The van der Waals surface area contributed by atoms with Gasteiger partial charge in [-0.1, -0.05) is 42.0 Å². The van der Waals surface area contributed by atoms with E-state index >= 15 is 0 Å². The number of rotatable bonds is 7. The quantitative estimate of drug-likeness (QED) is 0.740. The van der Waals surface area contributed by atoms with E-state index in [4.69, 9.17) is 0 Å². The monoisotopic (exact) mass is 260 g/mol. The van der Waals surface area contributed by atoms with Crippen LogP contribution in [0.4, 0.5) is 0 Å². The van der Waals surface area contributed by atoms with Gasteiger partial charge in [0, 0.05) is 25.6 Å². The highest BCUT2D eigenvalue weighted by molar-refractivity contribution is 5.76. The molecule has 0 aliphatic rings. The Morgan fingerprint density at radius 3 is 2.58 bits per heavy atom. The zero-order valence-electron chi connectivity index (χ0n) is 12.1. The molecular weight excluding hydrogens is 236 g/mol. The fourth-order valence-electron chi connectivity index (χ4n) is 1.77. The predicted molar refractivity (Wildman–Crippen MR) is 80.9 cm³/mol. The lowest BCUT2D eigenvalue weighted by molar-refractivity contribution is -0.121. The number of carbonyl (C=O) groups is 1. The third-order valence-electron chi connectivity index (χ3n) is 2.59. The van der Waals surface area contributed by atoms with E-state index in [0.29, 0.717) is 13.0 Å². The van der Waals surface area contributed by atoms with E-state index in [0.717, 1.165) is 6.54 Å². The van der Waals surface area contributed by atoms with E-state index in [2.05, 4.69) is 35.8 Å². The maximum absolute atomic E-state index is 11.4. The van der Waals surface area contributed by atoms with Crippen LogP contribution in [-0.2, 0) is 4.79 Å². The van der Waals surface area contributed by atoms with E-state index < -0.39 is 0 Å². The topological polar surface area (TPSA) is 41.1 Å². The van der Waals surface area contributed by atoms with E-state index in [1.165, 1.54) is 11.1 Å². The highest BCUT2D eigenvalue weighted by Crippen LogP contribution is 2.04. The molecule has 1 rings (SSSR count). The molecule has 2 N–H and O–H groups in total. The van der Waals surface area contributed by atoms with Crippen LogP contribution in [0.2, 0.25) is 0 Å². The van der Waals surface area contributed by atoms with Gasteiger partial charge >= 0.3 is 0 Å². The summed E-state index contributed by atoms with van der Waals surface area (Å²) >= 11 is 0. The Bertz CT molecular complexity index is 410. The zero-order chi connectivity index (χ0) is 14.1. The molecule has 0 aliphatic heterocycles. The number of benzene rings is 1. The Labute approximate surface area is 116 Å². The molecule has 0 saturated heterocycles. The molecule has 1 aromatic carbocycles. The van der Waals surface area contributed by atoms with Gasteiger partial charge in [0.2, 0.25) is 5.91 Å². The van der Waals surface area contributed by atoms with Gasteiger partial charge in [0.15, 0.2) is 0 Å². The normalized spacial score (nSPS) is 11.7. The summed E-state index contributed by atoms with van der Waals surface area (Å²) in [5, 5.41) is 6.16. The summed E-state index contributed by atoms with van der Waals surface area (Å²) in [4.78, 5) is 11.4. The van der Waals surface area contributed by atoms with Crippen molar-refractivity contribution >= 4 is 12.0 Å². The largest absolute Gasteiger partial charge is 0.354 e. The van der Waals surface area contributed by atoms with Crippen molar-refractivity contribution in [1.29, 1.82) is 0 Å². The summed E-state index contributed by atoms with van der Waals surface area (Å²) in [5.74, 6) is 0.104. The van der Waals surface area contributed by atoms with Gasteiger partial charge in [-0.3, -0.25) is 4.79 Å². The van der Waals surface area contributed by atoms with Crippen LogP contribution < -0.4 is 10.6 Å². The second-order valence-electron chi connectivity index (χ2n) is 5.05. The van der Waals surface area contributed by atoms with Crippen molar-refractivity contribution < 1.29 is 4.79 Å². The van der Waals surface area contributed by atoms with E-state index in [-0.39, 0.29) is 11.9 Å². The van der Waals surface area contributed by atoms with Crippen LogP contribution in [0.15, 0.2) is 35.9 Å². The van der Waals surface area contributed by atoms with Crippen molar-refractivity contribution in [1.82, 2.24) is 10.6 Å². The van der Waals surface area contributed by atoms with E-state index in [1.54, 1.807) is 0 Å². The molecule has 0 fully saturated rings. The fourth-order valence-corrected chi connectivity index (χ4v) is 1.77. The van der Waals surface area contributed by atoms with Crippen LogP contribution in [0.25, 0.3) is 6.08 Å². The minimum Gasteiger partial charge on any atom is -0.354 e. The summed E-state index contributed by atoms with van der Waals surface area (Å²) in [7, 11) is 0. The lowest BCUT2D eigenvalue weighted by Gasteiger charge is -2.09. The molecule has 0 bridgehead atoms. The average molecular weight is 260 g/mol. The minimum atomic E-state index is 0.104. The molecule has 104 valence electrons. The maximum atomic E-state index is 11.4. The van der Waals surface area contributed by atoms with Gasteiger partial charge in [-0.2, -0.15) is 0 Å². The van der Waals surface area contributed by atoms with Gasteiger partial charge < -0.3 is 10.6 Å². The first-order chi connectivity index (χ1) is 9.08. The molecule has 0 unspecified atom stereocenters. The minimum absolute atomic E-state index is 0.104. The van der Waals surface area contributed by atoms with Gasteiger partial charge in [0.1, 0.15) is 0 Å². The van der Waals surface area contributed by atoms with Crippen LogP contribution >= 0.6 is 0 Å². The van der Waals surface area contributed by atoms with Crippen LogP contribution in [0.5, 0.6) is 0 Å². The second-order valence-corrected chi connectivity index (χ2v) is 5.05. The zero-order valence-corrected chi connectivity index (χ0v) is 12.1. The lowest BCUT2D eigenvalue weighted by atomic mass is 10.1. The Balaban J connectivity index is 2.22. The summed E-state index contributed by atoms with van der Waals surface area (Å²) in [6.07, 6.45) is 2.68. The molecule has 0 heterocycles. The Kier molecular flexibility index (Phi) is 6.90. The number of hydrogen-bond acceptors (Lipinski definition) is 2. The van der Waals surface area contributed by atoms with Crippen molar-refractivity contribution in [2.45, 2.75) is 33.2 Å². The number of carbonyl (C=O) groups excluding carboxylic acids is 1. The van der Waals surface area contributed by atoms with Crippen molar-refractivity contribution in [2.75, 3.05) is 13.1 Å². The third kappa shape index (κ3) is 7.42. The summed E-state index contributed by atoms with van der Waals surface area (Å²) in [5.41, 5.74) is 2.47. The van der Waals surface area contributed by atoms with Gasteiger partial charge in [-0.15, -0.1) is 0 Å². The van der Waals surface area contributed by atoms with E-state index in [1.807, 2.05) is 32.0 Å². The van der Waals surface area contributed by atoms with Crippen molar-refractivity contribution in [2.24, 2.45) is 0 Å². The Hall–Kier alpha value is -1.61. The maximum Gasteiger partial charge on any atom is 0.221 e. The first-order valence-electron chi connectivity index (χ1n) is 6.80. The molecule has 0 aliphatic carbocycles. The predicted octanol–water partition coefficient (Wildman–Crippen LogP) is 2.59. The van der Waals surface area contributed by atoms with Crippen LogP contribution in [0.3, 0.4) is 0 Å². The first kappa shape index (κ1) is 15.4. The van der Waals surface area contributed by atoms with E-state index in [9.17, 15) is 4.79 Å². The van der Waals surface area contributed by atoms with Crippen LogP contribution in [0, 0.1) is 0 Å².